The van der Waals surface area contributed by atoms with Gasteiger partial charge in [0.2, 0.25) is 0 Å². The van der Waals surface area contributed by atoms with E-state index in [-0.39, 0.29) is 24.2 Å². The summed E-state index contributed by atoms with van der Waals surface area (Å²) >= 11 is 11.8. The molecule has 6 heteroatoms. The molecule has 1 N–H and O–H groups in total. The maximum absolute atomic E-state index is 12.2. The molecule has 0 aliphatic heterocycles. The minimum atomic E-state index is -1.08. The fourth-order valence-corrected chi connectivity index (χ4v) is 2.52. The molecule has 0 atom stereocenters. The first-order chi connectivity index (χ1) is 10.9. The Balaban J connectivity index is 2.19. The summed E-state index contributed by atoms with van der Waals surface area (Å²) in [6.45, 7) is 0. The van der Waals surface area contributed by atoms with E-state index in [0.717, 1.165) is 5.56 Å². The largest absolute Gasteiger partial charge is 0.497 e. The first-order valence-electron chi connectivity index (χ1n) is 6.76. The van der Waals surface area contributed by atoms with Crippen LogP contribution < -0.4 is 4.74 Å². The number of methoxy groups -OCH3 is 1. The number of carboxylic acids is 1. The molecule has 2 aromatic carbocycles. The van der Waals surface area contributed by atoms with Crippen molar-refractivity contribution in [1.29, 1.82) is 0 Å². The number of carbonyl (C=O) groups is 2. The molecule has 0 fully saturated rings. The molecular weight excluding hydrogens is 339 g/mol. The van der Waals surface area contributed by atoms with E-state index >= 15 is 0 Å². The zero-order chi connectivity index (χ0) is 17.0. The summed E-state index contributed by atoms with van der Waals surface area (Å²) in [6, 6.07) is 9.53. The average Bonchev–Trinajstić information content (AvgIpc) is 2.50. The summed E-state index contributed by atoms with van der Waals surface area (Å²) in [5.74, 6) is -0.698. The molecule has 2 rings (SSSR count). The molecule has 4 nitrogen and oxygen atoms in total. The summed E-state index contributed by atoms with van der Waals surface area (Å²) in [4.78, 5) is 23.5. The van der Waals surface area contributed by atoms with E-state index in [1.54, 1.807) is 30.3 Å². The van der Waals surface area contributed by atoms with Crippen LogP contribution in [-0.2, 0) is 17.6 Å². The zero-order valence-electron chi connectivity index (χ0n) is 12.3. The average molecular weight is 353 g/mol. The van der Waals surface area contributed by atoms with Gasteiger partial charge in [0.05, 0.1) is 22.7 Å². The van der Waals surface area contributed by atoms with Crippen molar-refractivity contribution in [2.75, 3.05) is 7.11 Å². The highest BCUT2D eigenvalue weighted by Gasteiger charge is 2.15. The van der Waals surface area contributed by atoms with Gasteiger partial charge >= 0.3 is 5.97 Å². The molecule has 0 bridgehead atoms. The Kier molecular flexibility index (Phi) is 5.64. The van der Waals surface area contributed by atoms with Crippen molar-refractivity contribution in [2.45, 2.75) is 12.8 Å². The maximum atomic E-state index is 12.2. The lowest BCUT2D eigenvalue weighted by Crippen LogP contribution is -2.11. The predicted octanol–water partition coefficient (Wildman–Crippen LogP) is 4.05. The first-order valence-corrected chi connectivity index (χ1v) is 7.52. The van der Waals surface area contributed by atoms with Gasteiger partial charge < -0.3 is 9.84 Å². The van der Waals surface area contributed by atoms with Crippen LogP contribution in [0.25, 0.3) is 0 Å². The molecule has 0 aliphatic rings. The van der Waals surface area contributed by atoms with E-state index in [1.165, 1.54) is 13.2 Å². The first kappa shape index (κ1) is 17.3. The molecular formula is C17H14Cl2O4. The quantitative estimate of drug-likeness (QED) is 0.851. The fourth-order valence-electron chi connectivity index (χ4n) is 2.20. The Bertz CT molecular complexity index is 756. The van der Waals surface area contributed by atoms with Crippen molar-refractivity contribution in [3.8, 4) is 5.75 Å². The Morgan fingerprint density at radius 3 is 2.39 bits per heavy atom. The van der Waals surface area contributed by atoms with Gasteiger partial charge in [-0.1, -0.05) is 29.3 Å². The lowest BCUT2D eigenvalue weighted by Gasteiger charge is -2.08. The van der Waals surface area contributed by atoms with E-state index in [1.807, 2.05) is 0 Å². The molecule has 0 unspecified atom stereocenters. The number of halogens is 2. The summed E-state index contributed by atoms with van der Waals surface area (Å²) in [6.07, 6.45) is 0.145. The standard InChI is InChI=1S/C17H14Cl2O4/c1-23-13-3-4-14(17(21)22)11(9-13)8-12(20)6-10-2-5-15(18)16(19)7-10/h2-5,7,9H,6,8H2,1H3,(H,21,22). The van der Waals surface area contributed by atoms with Gasteiger partial charge in [0.25, 0.3) is 0 Å². The molecule has 0 heterocycles. The van der Waals surface area contributed by atoms with Crippen LogP contribution >= 0.6 is 23.2 Å². The molecule has 0 saturated carbocycles. The molecule has 0 spiro atoms. The van der Waals surface area contributed by atoms with Crippen LogP contribution in [0, 0.1) is 0 Å². The molecule has 2 aromatic rings. The lowest BCUT2D eigenvalue weighted by atomic mass is 9.98. The number of carboxylic acid groups (broad SMARTS) is 1. The minimum Gasteiger partial charge on any atom is -0.497 e. The summed E-state index contributed by atoms with van der Waals surface area (Å²) in [7, 11) is 1.48. The maximum Gasteiger partial charge on any atom is 0.335 e. The molecule has 0 radical (unpaired) electrons. The number of hydrogen-bond acceptors (Lipinski definition) is 3. The Morgan fingerprint density at radius 1 is 1.04 bits per heavy atom. The molecule has 120 valence electrons. The zero-order valence-corrected chi connectivity index (χ0v) is 13.8. The Morgan fingerprint density at radius 2 is 1.78 bits per heavy atom. The van der Waals surface area contributed by atoms with Crippen LogP contribution in [0.3, 0.4) is 0 Å². The van der Waals surface area contributed by atoms with Gasteiger partial charge in [0.1, 0.15) is 11.5 Å². The second-order valence-corrected chi connectivity index (χ2v) is 5.78. The second kappa shape index (κ2) is 7.49. The van der Waals surface area contributed by atoms with E-state index < -0.39 is 5.97 Å². The van der Waals surface area contributed by atoms with E-state index in [9.17, 15) is 14.7 Å². The second-order valence-electron chi connectivity index (χ2n) is 4.97. The number of ether oxygens (including phenoxy) is 1. The fraction of sp³-hybridized carbons (Fsp3) is 0.176. The minimum absolute atomic E-state index is 0.000914. The van der Waals surface area contributed by atoms with Gasteiger partial charge in [0.15, 0.2) is 0 Å². The van der Waals surface area contributed by atoms with Gasteiger partial charge in [-0.2, -0.15) is 0 Å². The summed E-state index contributed by atoms with van der Waals surface area (Å²) in [5, 5.41) is 10.0. The SMILES string of the molecule is COc1ccc(C(=O)O)c(CC(=O)Cc2ccc(Cl)c(Cl)c2)c1. The van der Waals surface area contributed by atoms with Crippen LogP contribution in [0.5, 0.6) is 5.75 Å². The van der Waals surface area contributed by atoms with E-state index in [0.29, 0.717) is 21.4 Å². The molecule has 23 heavy (non-hydrogen) atoms. The van der Waals surface area contributed by atoms with Gasteiger partial charge in [-0.3, -0.25) is 4.79 Å². The highest BCUT2D eigenvalue weighted by atomic mass is 35.5. The monoisotopic (exact) mass is 352 g/mol. The van der Waals surface area contributed by atoms with E-state index in [4.69, 9.17) is 27.9 Å². The number of ketones is 1. The number of hydrogen-bond donors (Lipinski definition) is 1. The smallest absolute Gasteiger partial charge is 0.335 e. The number of carbonyl (C=O) groups excluding carboxylic acids is 1. The van der Waals surface area contributed by atoms with Gasteiger partial charge in [-0.05, 0) is 41.5 Å². The van der Waals surface area contributed by atoms with Crippen LogP contribution in [0.1, 0.15) is 21.5 Å². The third-order valence-electron chi connectivity index (χ3n) is 3.32. The van der Waals surface area contributed by atoms with Crippen LogP contribution in [-0.4, -0.2) is 24.0 Å². The Hall–Kier alpha value is -2.04. The molecule has 0 saturated heterocycles. The highest BCUT2D eigenvalue weighted by molar-refractivity contribution is 6.42. The topological polar surface area (TPSA) is 63.6 Å². The molecule has 0 aromatic heterocycles. The van der Waals surface area contributed by atoms with Crippen molar-refractivity contribution in [3.63, 3.8) is 0 Å². The van der Waals surface area contributed by atoms with Crippen LogP contribution in [0.4, 0.5) is 0 Å². The van der Waals surface area contributed by atoms with Crippen molar-refractivity contribution in [1.82, 2.24) is 0 Å². The van der Waals surface area contributed by atoms with Crippen LogP contribution in [0.15, 0.2) is 36.4 Å². The third-order valence-corrected chi connectivity index (χ3v) is 4.05. The number of rotatable bonds is 6. The number of Topliss-reactive ketones (excluding diaryl/α,β-unsaturated/α-hetero) is 1. The van der Waals surface area contributed by atoms with Gasteiger partial charge in [-0.15, -0.1) is 0 Å². The normalized spacial score (nSPS) is 10.4. The van der Waals surface area contributed by atoms with Gasteiger partial charge in [-0.25, -0.2) is 4.79 Å². The molecule has 0 amide bonds. The van der Waals surface area contributed by atoms with E-state index in [2.05, 4.69) is 0 Å². The summed E-state index contributed by atoms with van der Waals surface area (Å²) in [5.41, 5.74) is 1.24. The van der Waals surface area contributed by atoms with Gasteiger partial charge in [0, 0.05) is 12.8 Å². The van der Waals surface area contributed by atoms with Crippen molar-refractivity contribution >= 4 is 35.0 Å². The lowest BCUT2D eigenvalue weighted by molar-refractivity contribution is -0.117. The van der Waals surface area contributed by atoms with Crippen molar-refractivity contribution in [2.24, 2.45) is 0 Å². The van der Waals surface area contributed by atoms with Crippen molar-refractivity contribution < 1.29 is 19.4 Å². The van der Waals surface area contributed by atoms with Crippen molar-refractivity contribution in [3.05, 3.63) is 63.1 Å². The van der Waals surface area contributed by atoms with Crippen LogP contribution in [0.2, 0.25) is 10.0 Å². The number of aromatic carboxylic acids is 1. The third kappa shape index (κ3) is 4.47. The Labute approximate surface area is 143 Å². The molecule has 0 aliphatic carbocycles. The number of benzene rings is 2. The highest BCUT2D eigenvalue weighted by Crippen LogP contribution is 2.24. The predicted molar refractivity (Wildman–Crippen MR) is 88.8 cm³/mol. The summed E-state index contributed by atoms with van der Waals surface area (Å²) < 4.78 is 5.08.